The van der Waals surface area contributed by atoms with Gasteiger partial charge in [0, 0.05) is 6.42 Å². The molecule has 1 heterocycles. The van der Waals surface area contributed by atoms with Crippen LogP contribution in [0.15, 0.2) is 0 Å². The zero-order valence-electron chi connectivity index (χ0n) is 7.96. The summed E-state index contributed by atoms with van der Waals surface area (Å²) in [5, 5.41) is 8.54. The number of nitrogens with zero attached hydrogens (tertiary/aromatic N) is 1. The second kappa shape index (κ2) is 5.24. The molecular weight excluding hydrogens is 192 g/mol. The number of hydrogen-bond donors (Lipinski definition) is 1. The van der Waals surface area contributed by atoms with Crippen molar-refractivity contribution in [3.63, 3.8) is 0 Å². The van der Waals surface area contributed by atoms with E-state index in [1.54, 1.807) is 4.90 Å². The Kier molecular flexibility index (Phi) is 4.25. The molecule has 1 saturated heterocycles. The first-order valence-corrected chi connectivity index (χ1v) is 4.80. The summed E-state index contributed by atoms with van der Waals surface area (Å²) in [6, 6.07) is 0. The van der Waals surface area contributed by atoms with Gasteiger partial charge in [0.1, 0.15) is 0 Å². The normalized spacial score (nSPS) is 20.2. The second-order valence-corrected chi connectivity index (χ2v) is 3.73. The van der Waals surface area contributed by atoms with Crippen molar-refractivity contribution in [2.24, 2.45) is 5.92 Å². The molecule has 0 bridgehead atoms. The average molecular weight is 207 g/mol. The van der Waals surface area contributed by atoms with Gasteiger partial charge >= 0.3 is 5.97 Å². The Bertz CT molecular complexity index is 191. The van der Waals surface area contributed by atoms with Gasteiger partial charge in [0.25, 0.3) is 6.43 Å². The van der Waals surface area contributed by atoms with E-state index in [9.17, 15) is 13.6 Å². The minimum absolute atomic E-state index is 0.168. The van der Waals surface area contributed by atoms with E-state index in [1.165, 1.54) is 0 Å². The van der Waals surface area contributed by atoms with E-state index in [0.717, 1.165) is 12.8 Å². The third kappa shape index (κ3) is 4.00. The Hall–Kier alpha value is -0.710. The first kappa shape index (κ1) is 11.4. The molecule has 82 valence electrons. The number of piperidine rings is 1. The van der Waals surface area contributed by atoms with Gasteiger partial charge in [0.2, 0.25) is 0 Å². The molecule has 0 aromatic heterocycles. The van der Waals surface area contributed by atoms with Crippen LogP contribution in [0.5, 0.6) is 0 Å². The van der Waals surface area contributed by atoms with E-state index >= 15 is 0 Å². The number of aliphatic carboxylic acids is 1. The van der Waals surface area contributed by atoms with Crippen LogP contribution in [0.25, 0.3) is 0 Å². The van der Waals surface area contributed by atoms with Crippen molar-refractivity contribution >= 4 is 5.97 Å². The third-order valence-corrected chi connectivity index (χ3v) is 2.57. The molecule has 1 fully saturated rings. The quantitative estimate of drug-likeness (QED) is 0.758. The Balaban J connectivity index is 2.21. The monoisotopic (exact) mass is 207 g/mol. The van der Waals surface area contributed by atoms with Crippen molar-refractivity contribution in [3.8, 4) is 0 Å². The first-order chi connectivity index (χ1) is 6.58. The standard InChI is InChI=1S/C9H15F2NO2/c10-8(11)6-12-3-1-7(2-4-12)5-9(13)14/h7-8H,1-6H2,(H,13,14). The molecule has 0 aliphatic carbocycles. The molecule has 1 rings (SSSR count). The fourth-order valence-electron chi connectivity index (χ4n) is 1.82. The third-order valence-electron chi connectivity index (χ3n) is 2.57. The van der Waals surface area contributed by atoms with Crippen LogP contribution in [0.1, 0.15) is 19.3 Å². The van der Waals surface area contributed by atoms with Crippen molar-refractivity contribution in [1.82, 2.24) is 4.90 Å². The highest BCUT2D eigenvalue weighted by molar-refractivity contribution is 5.67. The SMILES string of the molecule is O=C(O)CC1CCN(CC(F)F)CC1. The lowest BCUT2D eigenvalue weighted by atomic mass is 9.94. The van der Waals surface area contributed by atoms with Gasteiger partial charge in [-0.05, 0) is 31.8 Å². The highest BCUT2D eigenvalue weighted by atomic mass is 19.3. The second-order valence-electron chi connectivity index (χ2n) is 3.73. The number of halogens is 2. The fourth-order valence-corrected chi connectivity index (χ4v) is 1.82. The number of carbonyl (C=O) groups is 1. The average Bonchev–Trinajstić information content (AvgIpc) is 2.06. The van der Waals surface area contributed by atoms with Gasteiger partial charge in [-0.15, -0.1) is 0 Å². The molecule has 0 atom stereocenters. The highest BCUT2D eigenvalue weighted by Crippen LogP contribution is 2.20. The van der Waals surface area contributed by atoms with Crippen molar-refractivity contribution < 1.29 is 18.7 Å². The number of hydrogen-bond acceptors (Lipinski definition) is 2. The molecule has 14 heavy (non-hydrogen) atoms. The molecule has 0 radical (unpaired) electrons. The van der Waals surface area contributed by atoms with E-state index in [-0.39, 0.29) is 18.9 Å². The topological polar surface area (TPSA) is 40.5 Å². The Morgan fingerprint density at radius 3 is 2.43 bits per heavy atom. The van der Waals surface area contributed by atoms with Crippen LogP contribution in [-0.2, 0) is 4.79 Å². The number of alkyl halides is 2. The Morgan fingerprint density at radius 2 is 2.00 bits per heavy atom. The zero-order chi connectivity index (χ0) is 10.6. The minimum atomic E-state index is -2.29. The van der Waals surface area contributed by atoms with Gasteiger partial charge in [-0.3, -0.25) is 9.69 Å². The molecule has 5 heteroatoms. The summed E-state index contributed by atoms with van der Waals surface area (Å²) in [7, 11) is 0. The first-order valence-electron chi connectivity index (χ1n) is 4.80. The maximum Gasteiger partial charge on any atom is 0.303 e. The van der Waals surface area contributed by atoms with Crippen LogP contribution in [0.2, 0.25) is 0 Å². The predicted octanol–water partition coefficient (Wildman–Crippen LogP) is 1.44. The van der Waals surface area contributed by atoms with E-state index in [1.807, 2.05) is 0 Å². The summed E-state index contributed by atoms with van der Waals surface area (Å²) in [4.78, 5) is 12.1. The fraction of sp³-hybridized carbons (Fsp3) is 0.889. The summed E-state index contributed by atoms with van der Waals surface area (Å²) in [6.45, 7) is 1.02. The molecule has 0 saturated carbocycles. The molecule has 0 aromatic carbocycles. The largest absolute Gasteiger partial charge is 0.481 e. The molecule has 0 unspecified atom stereocenters. The number of likely N-dealkylation sites (tertiary alicyclic amines) is 1. The van der Waals surface area contributed by atoms with Crippen molar-refractivity contribution in [2.45, 2.75) is 25.7 Å². The molecule has 0 aromatic rings. The van der Waals surface area contributed by atoms with Gasteiger partial charge in [0.15, 0.2) is 0 Å². The van der Waals surface area contributed by atoms with Crippen LogP contribution < -0.4 is 0 Å². The lowest BCUT2D eigenvalue weighted by Crippen LogP contribution is -2.37. The van der Waals surface area contributed by atoms with E-state index in [4.69, 9.17) is 5.11 Å². The summed E-state index contributed by atoms with van der Waals surface area (Å²) >= 11 is 0. The van der Waals surface area contributed by atoms with Crippen molar-refractivity contribution in [2.75, 3.05) is 19.6 Å². The van der Waals surface area contributed by atoms with Gasteiger partial charge in [-0.1, -0.05) is 0 Å². The number of carboxylic acids is 1. The number of carboxylic acid groups (broad SMARTS) is 1. The molecule has 1 aliphatic rings. The summed E-state index contributed by atoms with van der Waals surface area (Å²) < 4.78 is 24.0. The minimum Gasteiger partial charge on any atom is -0.481 e. The smallest absolute Gasteiger partial charge is 0.303 e. The maximum absolute atomic E-state index is 12.0. The van der Waals surface area contributed by atoms with Gasteiger partial charge in [-0.2, -0.15) is 0 Å². The van der Waals surface area contributed by atoms with E-state index in [2.05, 4.69) is 0 Å². The molecule has 0 amide bonds. The van der Waals surface area contributed by atoms with Crippen LogP contribution in [-0.4, -0.2) is 42.0 Å². The van der Waals surface area contributed by atoms with Crippen LogP contribution in [0.3, 0.4) is 0 Å². The van der Waals surface area contributed by atoms with Crippen molar-refractivity contribution in [1.29, 1.82) is 0 Å². The van der Waals surface area contributed by atoms with Gasteiger partial charge in [-0.25, -0.2) is 8.78 Å². The van der Waals surface area contributed by atoms with Crippen molar-refractivity contribution in [3.05, 3.63) is 0 Å². The molecule has 0 spiro atoms. The molecule has 1 N–H and O–H groups in total. The summed E-state index contributed by atoms with van der Waals surface area (Å²) in [5.74, 6) is -0.626. The highest BCUT2D eigenvalue weighted by Gasteiger charge is 2.22. The lowest BCUT2D eigenvalue weighted by molar-refractivity contribution is -0.138. The Labute approximate surface area is 81.7 Å². The van der Waals surface area contributed by atoms with E-state index < -0.39 is 12.4 Å². The van der Waals surface area contributed by atoms with E-state index in [0.29, 0.717) is 13.1 Å². The lowest BCUT2D eigenvalue weighted by Gasteiger charge is -2.30. The molecule has 1 aliphatic heterocycles. The van der Waals surface area contributed by atoms with Crippen LogP contribution in [0, 0.1) is 5.92 Å². The maximum atomic E-state index is 12.0. The summed E-state index contributed by atoms with van der Waals surface area (Å²) in [6.07, 6.45) is -0.674. The Morgan fingerprint density at radius 1 is 1.43 bits per heavy atom. The predicted molar refractivity (Wildman–Crippen MR) is 47.4 cm³/mol. The summed E-state index contributed by atoms with van der Waals surface area (Å²) in [5.41, 5.74) is 0. The number of rotatable bonds is 4. The van der Waals surface area contributed by atoms with Crippen LogP contribution >= 0.6 is 0 Å². The van der Waals surface area contributed by atoms with Gasteiger partial charge in [0.05, 0.1) is 6.54 Å². The van der Waals surface area contributed by atoms with Gasteiger partial charge < -0.3 is 5.11 Å². The molecular formula is C9H15F2NO2. The molecule has 3 nitrogen and oxygen atoms in total. The zero-order valence-corrected chi connectivity index (χ0v) is 7.96. The van der Waals surface area contributed by atoms with Crippen LogP contribution in [0.4, 0.5) is 8.78 Å².